The number of aliphatic carboxylic acids is 1. The van der Waals surface area contributed by atoms with Crippen molar-refractivity contribution in [1.29, 1.82) is 0 Å². The Morgan fingerprint density at radius 2 is 1.57 bits per heavy atom. The summed E-state index contributed by atoms with van der Waals surface area (Å²) in [6.07, 6.45) is 1.88. The molecule has 0 heterocycles. The highest BCUT2D eigenvalue weighted by molar-refractivity contribution is 5.96. The minimum absolute atomic E-state index is 0.0467. The first-order chi connectivity index (χ1) is 11.1. The normalized spacial score (nSPS) is 11.0. The van der Waals surface area contributed by atoms with E-state index in [0.717, 1.165) is 23.6 Å². The minimum Gasteiger partial charge on any atom is -0.478 e. The van der Waals surface area contributed by atoms with E-state index in [1.165, 1.54) is 0 Å². The first-order valence-corrected chi connectivity index (χ1v) is 7.44. The Kier molecular flexibility index (Phi) is 6.12. The third-order valence-electron chi connectivity index (χ3n) is 3.37. The van der Waals surface area contributed by atoms with Crippen LogP contribution in [0.1, 0.15) is 17.5 Å². The summed E-state index contributed by atoms with van der Waals surface area (Å²) >= 11 is 0. The average molecular weight is 309 g/mol. The van der Waals surface area contributed by atoms with Crippen molar-refractivity contribution >= 4 is 17.4 Å². The summed E-state index contributed by atoms with van der Waals surface area (Å²) in [6.45, 7) is 0.526. The molecule has 1 amide bonds. The Labute approximate surface area is 135 Å². The lowest BCUT2D eigenvalue weighted by Crippen LogP contribution is -2.25. The maximum Gasteiger partial charge on any atom is 0.328 e. The molecule has 0 bridgehead atoms. The van der Waals surface area contributed by atoms with Gasteiger partial charge in [-0.25, -0.2) is 4.79 Å². The van der Waals surface area contributed by atoms with Crippen LogP contribution in [0, 0.1) is 0 Å². The zero-order valence-electron chi connectivity index (χ0n) is 12.7. The van der Waals surface area contributed by atoms with E-state index in [4.69, 9.17) is 5.11 Å². The molecule has 4 heteroatoms. The van der Waals surface area contributed by atoms with E-state index in [1.807, 2.05) is 48.5 Å². The fourth-order valence-electron chi connectivity index (χ4n) is 2.26. The monoisotopic (exact) mass is 309 g/mol. The topological polar surface area (TPSA) is 66.4 Å². The Bertz CT molecular complexity index is 678. The summed E-state index contributed by atoms with van der Waals surface area (Å²) in [5.41, 5.74) is 2.39. The van der Waals surface area contributed by atoms with Gasteiger partial charge in [-0.15, -0.1) is 0 Å². The van der Waals surface area contributed by atoms with Crippen molar-refractivity contribution in [3.05, 3.63) is 77.9 Å². The zero-order chi connectivity index (χ0) is 16.5. The molecule has 2 aromatic carbocycles. The SMILES string of the molecule is O=C(O)C=C(CC(=O)NCCc1ccccc1)c1ccccc1. The van der Waals surface area contributed by atoms with Crippen LogP contribution in [0.5, 0.6) is 0 Å². The summed E-state index contributed by atoms with van der Waals surface area (Å²) < 4.78 is 0. The number of carbonyl (C=O) groups excluding carboxylic acids is 1. The van der Waals surface area contributed by atoms with Crippen LogP contribution in [0.25, 0.3) is 5.57 Å². The highest BCUT2D eigenvalue weighted by atomic mass is 16.4. The summed E-state index contributed by atoms with van der Waals surface area (Å²) in [4.78, 5) is 23.0. The van der Waals surface area contributed by atoms with Gasteiger partial charge in [0.25, 0.3) is 0 Å². The molecular formula is C19H19NO3. The molecule has 0 aliphatic heterocycles. The van der Waals surface area contributed by atoms with Crippen LogP contribution in [0.2, 0.25) is 0 Å². The lowest BCUT2D eigenvalue weighted by Gasteiger charge is -2.09. The van der Waals surface area contributed by atoms with Crippen molar-refractivity contribution in [2.45, 2.75) is 12.8 Å². The predicted octanol–water partition coefficient (Wildman–Crippen LogP) is 2.90. The van der Waals surface area contributed by atoms with Gasteiger partial charge in [0.05, 0.1) is 6.42 Å². The lowest BCUT2D eigenvalue weighted by molar-refractivity contribution is -0.131. The van der Waals surface area contributed by atoms with Crippen molar-refractivity contribution < 1.29 is 14.7 Å². The van der Waals surface area contributed by atoms with Crippen LogP contribution < -0.4 is 5.32 Å². The average Bonchev–Trinajstić information content (AvgIpc) is 2.56. The molecule has 0 aromatic heterocycles. The minimum atomic E-state index is -1.05. The van der Waals surface area contributed by atoms with Crippen LogP contribution in [0.3, 0.4) is 0 Å². The molecule has 118 valence electrons. The van der Waals surface area contributed by atoms with Crippen molar-refractivity contribution in [3.63, 3.8) is 0 Å². The highest BCUT2D eigenvalue weighted by Gasteiger charge is 2.09. The van der Waals surface area contributed by atoms with Crippen LogP contribution >= 0.6 is 0 Å². The molecule has 4 nitrogen and oxygen atoms in total. The summed E-state index contributed by atoms with van der Waals surface area (Å²) in [5.74, 6) is -1.24. The van der Waals surface area contributed by atoms with Crippen LogP contribution in [0.15, 0.2) is 66.7 Å². The fraction of sp³-hybridized carbons (Fsp3) is 0.158. The van der Waals surface area contributed by atoms with Gasteiger partial charge in [-0.2, -0.15) is 0 Å². The fourth-order valence-corrected chi connectivity index (χ4v) is 2.26. The number of amides is 1. The second-order valence-corrected chi connectivity index (χ2v) is 5.14. The summed E-state index contributed by atoms with van der Waals surface area (Å²) in [5, 5.41) is 11.8. The largest absolute Gasteiger partial charge is 0.478 e. The van der Waals surface area contributed by atoms with Crippen molar-refractivity contribution in [1.82, 2.24) is 5.32 Å². The van der Waals surface area contributed by atoms with Crippen molar-refractivity contribution in [2.75, 3.05) is 6.54 Å². The second kappa shape index (κ2) is 8.54. The number of nitrogens with one attached hydrogen (secondary N) is 1. The van der Waals surface area contributed by atoms with E-state index < -0.39 is 5.97 Å². The maximum atomic E-state index is 12.1. The molecule has 0 unspecified atom stereocenters. The van der Waals surface area contributed by atoms with Crippen LogP contribution in [-0.2, 0) is 16.0 Å². The summed E-state index contributed by atoms with van der Waals surface area (Å²) in [7, 11) is 0. The van der Waals surface area contributed by atoms with Gasteiger partial charge >= 0.3 is 5.97 Å². The predicted molar refractivity (Wildman–Crippen MR) is 89.8 cm³/mol. The molecule has 0 aliphatic rings. The number of carbonyl (C=O) groups is 2. The molecule has 0 fully saturated rings. The van der Waals surface area contributed by atoms with Crippen molar-refractivity contribution in [2.24, 2.45) is 0 Å². The molecule has 0 atom stereocenters. The van der Waals surface area contributed by atoms with E-state index in [9.17, 15) is 9.59 Å². The third-order valence-corrected chi connectivity index (χ3v) is 3.37. The molecule has 2 rings (SSSR count). The third kappa shape index (κ3) is 5.79. The van der Waals surface area contributed by atoms with E-state index >= 15 is 0 Å². The van der Waals surface area contributed by atoms with Crippen molar-refractivity contribution in [3.8, 4) is 0 Å². The van der Waals surface area contributed by atoms with Gasteiger partial charge in [0.15, 0.2) is 0 Å². The maximum absolute atomic E-state index is 12.1. The molecule has 2 aromatic rings. The Morgan fingerprint density at radius 3 is 2.17 bits per heavy atom. The number of hydrogen-bond acceptors (Lipinski definition) is 2. The lowest BCUT2D eigenvalue weighted by atomic mass is 10.0. The second-order valence-electron chi connectivity index (χ2n) is 5.14. The first kappa shape index (κ1) is 16.5. The number of benzene rings is 2. The number of hydrogen-bond donors (Lipinski definition) is 2. The van der Waals surface area contributed by atoms with Crippen LogP contribution in [0.4, 0.5) is 0 Å². The molecule has 0 aliphatic carbocycles. The smallest absolute Gasteiger partial charge is 0.328 e. The zero-order valence-corrected chi connectivity index (χ0v) is 12.7. The molecular weight excluding hydrogens is 290 g/mol. The standard InChI is InChI=1S/C19H19NO3/c21-18(20-12-11-15-7-3-1-4-8-15)13-17(14-19(22)23)16-9-5-2-6-10-16/h1-10,14H,11-13H2,(H,20,21)(H,22,23). The van der Waals surface area contributed by atoms with Gasteiger partial charge in [-0.3, -0.25) is 4.79 Å². The Morgan fingerprint density at radius 1 is 0.957 bits per heavy atom. The van der Waals surface area contributed by atoms with E-state index in [1.54, 1.807) is 12.1 Å². The van der Waals surface area contributed by atoms with Gasteiger partial charge < -0.3 is 10.4 Å². The van der Waals surface area contributed by atoms with Gasteiger partial charge in [0.2, 0.25) is 5.91 Å². The van der Waals surface area contributed by atoms with E-state index in [-0.39, 0.29) is 12.3 Å². The Balaban J connectivity index is 1.92. The number of carboxylic acids is 1. The molecule has 23 heavy (non-hydrogen) atoms. The molecule has 2 N–H and O–H groups in total. The summed E-state index contributed by atoms with van der Waals surface area (Å²) in [6, 6.07) is 19.0. The first-order valence-electron chi connectivity index (χ1n) is 7.44. The van der Waals surface area contributed by atoms with Crippen LogP contribution in [-0.4, -0.2) is 23.5 Å². The van der Waals surface area contributed by atoms with Gasteiger partial charge in [0.1, 0.15) is 0 Å². The Hall–Kier alpha value is -2.88. The number of carboxylic acid groups (broad SMARTS) is 1. The molecule has 0 radical (unpaired) electrons. The quantitative estimate of drug-likeness (QED) is 0.773. The molecule has 0 spiro atoms. The van der Waals surface area contributed by atoms with Gasteiger partial charge in [-0.05, 0) is 23.1 Å². The van der Waals surface area contributed by atoms with Gasteiger partial charge in [-0.1, -0.05) is 60.7 Å². The van der Waals surface area contributed by atoms with E-state index in [0.29, 0.717) is 12.1 Å². The molecule has 0 saturated heterocycles. The molecule has 0 saturated carbocycles. The highest BCUT2D eigenvalue weighted by Crippen LogP contribution is 2.17. The van der Waals surface area contributed by atoms with Gasteiger partial charge in [0, 0.05) is 12.6 Å². The number of rotatable bonds is 7. The van der Waals surface area contributed by atoms with E-state index in [2.05, 4.69) is 5.32 Å².